The minimum Gasteiger partial charge on any atom is -0.333 e. The van der Waals surface area contributed by atoms with E-state index in [1.165, 1.54) is 11.8 Å². The predicted octanol–water partition coefficient (Wildman–Crippen LogP) is 3.72. The summed E-state index contributed by atoms with van der Waals surface area (Å²) in [5.74, 6) is 0.315. The van der Waals surface area contributed by atoms with Crippen molar-refractivity contribution in [3.05, 3.63) is 29.3 Å². The van der Waals surface area contributed by atoms with Gasteiger partial charge in [-0.05, 0) is 58.9 Å². The maximum atomic E-state index is 12.3. The summed E-state index contributed by atoms with van der Waals surface area (Å²) >= 11 is 7.19. The monoisotopic (exact) mass is 409 g/mol. The fraction of sp³-hybridized carbons (Fsp3) is 0.444. The van der Waals surface area contributed by atoms with Gasteiger partial charge in [-0.3, -0.25) is 10.1 Å². The van der Waals surface area contributed by atoms with Crippen molar-refractivity contribution < 1.29 is 9.59 Å². The lowest BCUT2D eigenvalue weighted by atomic mass is 10.1. The first kappa shape index (κ1) is 21.2. The molecule has 9 heteroatoms. The van der Waals surface area contributed by atoms with Gasteiger partial charge in [0, 0.05) is 22.7 Å². The van der Waals surface area contributed by atoms with Crippen LogP contribution in [-0.4, -0.2) is 37.5 Å². The molecular weight excluding hydrogens is 386 g/mol. The predicted molar refractivity (Wildman–Crippen MR) is 108 cm³/mol. The minimum absolute atomic E-state index is 0.388. The number of halogens is 1. The van der Waals surface area contributed by atoms with Crippen molar-refractivity contribution in [2.75, 3.05) is 0 Å². The molecule has 1 atom stereocenters. The van der Waals surface area contributed by atoms with Gasteiger partial charge in [-0.2, -0.15) is 0 Å². The molecule has 0 saturated heterocycles. The molecule has 7 nitrogen and oxygen atoms in total. The van der Waals surface area contributed by atoms with Crippen LogP contribution < -0.4 is 10.6 Å². The summed E-state index contributed by atoms with van der Waals surface area (Å²) in [7, 11) is 0. The molecule has 2 aromatic rings. The molecule has 2 N–H and O–H groups in total. The third-order valence-corrected chi connectivity index (χ3v) is 4.84. The van der Waals surface area contributed by atoms with Gasteiger partial charge in [0.15, 0.2) is 11.0 Å². The Morgan fingerprint density at radius 1 is 1.22 bits per heavy atom. The summed E-state index contributed by atoms with van der Waals surface area (Å²) in [6.07, 6.45) is 0. The van der Waals surface area contributed by atoms with E-state index >= 15 is 0 Å². The summed E-state index contributed by atoms with van der Waals surface area (Å²) in [5, 5.41) is 14.3. The quantitative estimate of drug-likeness (QED) is 0.734. The molecule has 0 unspecified atom stereocenters. The standard InChI is InChI=1S/C18H24ClN5O2S/c1-6-24-14(12-7-9-13(19)10-8-12)22-23-17(24)27-11(2)15(25)20-16(26)21-18(3,4)5/h7-11H,6H2,1-5H3,(H2,20,21,25,26)/t11-/m0/s1. The molecule has 2 rings (SSSR count). The lowest BCUT2D eigenvalue weighted by Gasteiger charge is -2.21. The largest absolute Gasteiger partial charge is 0.333 e. The zero-order valence-corrected chi connectivity index (χ0v) is 17.6. The van der Waals surface area contributed by atoms with E-state index in [0.29, 0.717) is 22.5 Å². The SMILES string of the molecule is CCn1c(S[C@@H](C)C(=O)NC(=O)NC(C)(C)C)nnc1-c1ccc(Cl)cc1. The molecule has 0 fully saturated rings. The Bertz CT molecular complexity index is 814. The Hall–Kier alpha value is -2.06. The third kappa shape index (κ3) is 5.97. The lowest BCUT2D eigenvalue weighted by molar-refractivity contribution is -0.119. The second kappa shape index (κ2) is 8.75. The first-order valence-corrected chi connectivity index (χ1v) is 9.85. The van der Waals surface area contributed by atoms with E-state index in [4.69, 9.17) is 11.6 Å². The maximum absolute atomic E-state index is 12.3. The lowest BCUT2D eigenvalue weighted by Crippen LogP contribution is -2.49. The van der Waals surface area contributed by atoms with Gasteiger partial charge in [-0.25, -0.2) is 4.79 Å². The van der Waals surface area contributed by atoms with Crippen molar-refractivity contribution in [1.82, 2.24) is 25.4 Å². The van der Waals surface area contributed by atoms with Gasteiger partial charge in [-0.15, -0.1) is 10.2 Å². The Labute approximate surface area is 168 Å². The zero-order chi connectivity index (χ0) is 20.2. The van der Waals surface area contributed by atoms with Gasteiger partial charge in [0.25, 0.3) is 0 Å². The van der Waals surface area contributed by atoms with Crippen LogP contribution in [0.25, 0.3) is 11.4 Å². The number of nitrogens with one attached hydrogen (secondary N) is 2. The molecular formula is C18H24ClN5O2S. The fourth-order valence-corrected chi connectivity index (χ4v) is 3.31. The van der Waals surface area contributed by atoms with Crippen LogP contribution in [0.2, 0.25) is 5.02 Å². The Balaban J connectivity index is 2.09. The summed E-state index contributed by atoms with van der Waals surface area (Å²) in [4.78, 5) is 24.2. The third-order valence-electron chi connectivity index (χ3n) is 3.51. The molecule has 146 valence electrons. The Morgan fingerprint density at radius 2 is 1.85 bits per heavy atom. The van der Waals surface area contributed by atoms with E-state index in [2.05, 4.69) is 20.8 Å². The van der Waals surface area contributed by atoms with Crippen LogP contribution in [0.1, 0.15) is 34.6 Å². The van der Waals surface area contributed by atoms with Crippen molar-refractivity contribution in [3.8, 4) is 11.4 Å². The van der Waals surface area contributed by atoms with Gasteiger partial charge in [0.05, 0.1) is 5.25 Å². The van der Waals surface area contributed by atoms with Crippen molar-refractivity contribution in [3.63, 3.8) is 0 Å². The smallest absolute Gasteiger partial charge is 0.321 e. The highest BCUT2D eigenvalue weighted by Gasteiger charge is 2.23. The number of benzene rings is 1. The summed E-state index contributed by atoms with van der Waals surface area (Å²) < 4.78 is 1.92. The second-order valence-corrected chi connectivity index (χ2v) is 8.76. The fourth-order valence-electron chi connectivity index (χ4n) is 2.27. The van der Waals surface area contributed by atoms with Gasteiger partial charge in [0.1, 0.15) is 0 Å². The van der Waals surface area contributed by atoms with E-state index < -0.39 is 16.8 Å². The summed E-state index contributed by atoms with van der Waals surface area (Å²) in [5.41, 5.74) is 0.471. The van der Waals surface area contributed by atoms with E-state index in [-0.39, 0.29) is 5.91 Å². The molecule has 0 aliphatic rings. The highest BCUT2D eigenvalue weighted by molar-refractivity contribution is 8.00. The number of amides is 3. The van der Waals surface area contributed by atoms with Crippen LogP contribution in [0, 0.1) is 0 Å². The maximum Gasteiger partial charge on any atom is 0.321 e. The van der Waals surface area contributed by atoms with Crippen LogP contribution >= 0.6 is 23.4 Å². The number of hydrogen-bond donors (Lipinski definition) is 2. The number of urea groups is 1. The van der Waals surface area contributed by atoms with Gasteiger partial charge >= 0.3 is 6.03 Å². The number of aromatic nitrogens is 3. The van der Waals surface area contributed by atoms with Crippen LogP contribution in [-0.2, 0) is 11.3 Å². The molecule has 0 radical (unpaired) electrons. The Kier molecular flexibility index (Phi) is 6.89. The number of thioether (sulfide) groups is 1. The van der Waals surface area contributed by atoms with Gasteiger partial charge < -0.3 is 9.88 Å². The topological polar surface area (TPSA) is 88.9 Å². The summed E-state index contributed by atoms with van der Waals surface area (Å²) in [6, 6.07) is 6.82. The molecule has 1 aromatic carbocycles. The van der Waals surface area contributed by atoms with Gasteiger partial charge in [0.2, 0.25) is 5.91 Å². The van der Waals surface area contributed by atoms with E-state index in [9.17, 15) is 9.59 Å². The number of nitrogens with zero attached hydrogens (tertiary/aromatic N) is 3. The molecule has 3 amide bonds. The normalized spacial score (nSPS) is 12.5. The second-order valence-electron chi connectivity index (χ2n) is 7.01. The first-order chi connectivity index (χ1) is 12.6. The van der Waals surface area contributed by atoms with Crippen molar-refractivity contribution in [2.45, 2.75) is 57.1 Å². The zero-order valence-electron chi connectivity index (χ0n) is 16.0. The molecule has 0 aliphatic carbocycles. The molecule has 1 aromatic heterocycles. The first-order valence-electron chi connectivity index (χ1n) is 8.59. The van der Waals surface area contributed by atoms with E-state index in [1.54, 1.807) is 19.1 Å². The van der Waals surface area contributed by atoms with Crippen LogP contribution in [0.4, 0.5) is 4.79 Å². The molecule has 0 aliphatic heterocycles. The highest BCUT2D eigenvalue weighted by Crippen LogP contribution is 2.27. The molecule has 0 saturated carbocycles. The summed E-state index contributed by atoms with van der Waals surface area (Å²) in [6.45, 7) is 9.88. The number of imide groups is 1. The average molecular weight is 410 g/mol. The molecule has 27 heavy (non-hydrogen) atoms. The van der Waals surface area contributed by atoms with E-state index in [0.717, 1.165) is 5.56 Å². The van der Waals surface area contributed by atoms with Crippen LogP contribution in [0.3, 0.4) is 0 Å². The number of carbonyl (C=O) groups excluding carboxylic acids is 2. The Morgan fingerprint density at radius 3 is 2.41 bits per heavy atom. The molecule has 0 spiro atoms. The van der Waals surface area contributed by atoms with Gasteiger partial charge in [-0.1, -0.05) is 23.4 Å². The number of carbonyl (C=O) groups is 2. The van der Waals surface area contributed by atoms with Crippen molar-refractivity contribution in [1.29, 1.82) is 0 Å². The van der Waals surface area contributed by atoms with E-state index in [1.807, 2.05) is 44.4 Å². The minimum atomic E-state index is -0.515. The van der Waals surface area contributed by atoms with Crippen molar-refractivity contribution in [2.24, 2.45) is 0 Å². The molecule has 0 bridgehead atoms. The van der Waals surface area contributed by atoms with Crippen LogP contribution in [0.15, 0.2) is 29.4 Å². The van der Waals surface area contributed by atoms with Crippen LogP contribution in [0.5, 0.6) is 0 Å². The number of hydrogen-bond acceptors (Lipinski definition) is 5. The number of rotatable bonds is 5. The average Bonchev–Trinajstić information content (AvgIpc) is 2.96. The van der Waals surface area contributed by atoms with Crippen molar-refractivity contribution >= 4 is 35.3 Å². The highest BCUT2D eigenvalue weighted by atomic mass is 35.5. The molecule has 1 heterocycles.